The first-order valence-corrected chi connectivity index (χ1v) is 11.1. The lowest BCUT2D eigenvalue weighted by molar-refractivity contribution is -0.109. The lowest BCUT2D eigenvalue weighted by atomic mass is 9.46. The molecule has 0 spiro atoms. The summed E-state index contributed by atoms with van der Waals surface area (Å²) in [6.07, 6.45) is 11.1. The predicted molar refractivity (Wildman–Crippen MR) is 104 cm³/mol. The molecule has 3 aliphatic carbocycles. The Morgan fingerprint density at radius 3 is 2.72 bits per heavy atom. The SMILES string of the molecule is COC(C)[C@H]1CC[C@H]2[C@@H]3[C@@H](C)C[C@H]4SC(=O)C=C[C@]4(C)[C@H]3CC[C@]12C. The largest absolute Gasteiger partial charge is 0.381 e. The van der Waals surface area contributed by atoms with Crippen molar-refractivity contribution in [1.29, 1.82) is 0 Å². The van der Waals surface area contributed by atoms with E-state index in [4.69, 9.17) is 4.74 Å². The fraction of sp³-hybridized carbons (Fsp3) is 0.864. The van der Waals surface area contributed by atoms with Gasteiger partial charge in [-0.15, -0.1) is 0 Å². The van der Waals surface area contributed by atoms with E-state index in [0.717, 1.165) is 23.7 Å². The molecule has 9 atom stereocenters. The summed E-state index contributed by atoms with van der Waals surface area (Å²) in [5.41, 5.74) is 0.650. The molecule has 0 amide bonds. The van der Waals surface area contributed by atoms with Gasteiger partial charge < -0.3 is 4.74 Å². The highest BCUT2D eigenvalue weighted by Crippen LogP contribution is 2.68. The minimum Gasteiger partial charge on any atom is -0.381 e. The molecule has 0 bridgehead atoms. The molecule has 0 N–H and O–H groups in total. The first-order chi connectivity index (χ1) is 11.8. The van der Waals surface area contributed by atoms with Gasteiger partial charge in [-0.1, -0.05) is 38.6 Å². The van der Waals surface area contributed by atoms with Crippen molar-refractivity contribution in [3.05, 3.63) is 12.2 Å². The first-order valence-electron chi connectivity index (χ1n) is 10.2. The Morgan fingerprint density at radius 1 is 1.24 bits per heavy atom. The molecule has 3 fully saturated rings. The molecule has 1 aliphatic heterocycles. The van der Waals surface area contributed by atoms with E-state index >= 15 is 0 Å². The van der Waals surface area contributed by atoms with E-state index in [9.17, 15) is 4.79 Å². The van der Waals surface area contributed by atoms with Gasteiger partial charge in [-0.2, -0.15) is 0 Å². The molecule has 0 aromatic heterocycles. The van der Waals surface area contributed by atoms with Gasteiger partial charge in [-0.25, -0.2) is 0 Å². The van der Waals surface area contributed by atoms with Crippen molar-refractivity contribution in [3.63, 3.8) is 0 Å². The van der Waals surface area contributed by atoms with Gasteiger partial charge in [0, 0.05) is 17.8 Å². The number of hydrogen-bond donors (Lipinski definition) is 0. The van der Waals surface area contributed by atoms with Gasteiger partial charge >= 0.3 is 0 Å². The van der Waals surface area contributed by atoms with Gasteiger partial charge in [0.1, 0.15) is 0 Å². The molecule has 0 aromatic rings. The monoisotopic (exact) mass is 362 g/mol. The summed E-state index contributed by atoms with van der Waals surface area (Å²) in [6, 6.07) is 0. The van der Waals surface area contributed by atoms with Crippen LogP contribution in [-0.4, -0.2) is 23.6 Å². The zero-order chi connectivity index (χ0) is 18.0. The molecule has 0 radical (unpaired) electrons. The average Bonchev–Trinajstić information content (AvgIpc) is 2.93. The molecule has 1 unspecified atom stereocenters. The van der Waals surface area contributed by atoms with Gasteiger partial charge in [0.05, 0.1) is 6.10 Å². The lowest BCUT2D eigenvalue weighted by Gasteiger charge is -2.61. The molecule has 3 heteroatoms. The number of carbonyl (C=O) groups excluding carboxylic acids is 1. The third-order valence-electron chi connectivity index (χ3n) is 8.92. The standard InChI is InChI=1S/C22H34O2S/c1-13-12-18-22(4,11-9-19(23)25-18)17-8-10-21(3)15(14(2)24-5)6-7-16(21)20(13)17/h9,11,13-18,20H,6-8,10,12H2,1-5H3/t13-,14?,15+,16-,17-,18+,20-,21+,22+/m0/s1. The zero-order valence-electron chi connectivity index (χ0n) is 16.5. The maximum atomic E-state index is 12.0. The highest BCUT2D eigenvalue weighted by Gasteiger charge is 2.62. The van der Waals surface area contributed by atoms with E-state index in [1.165, 1.54) is 32.1 Å². The van der Waals surface area contributed by atoms with E-state index < -0.39 is 0 Å². The summed E-state index contributed by atoms with van der Waals surface area (Å²) in [4.78, 5) is 12.0. The van der Waals surface area contributed by atoms with Crippen LogP contribution in [0.1, 0.15) is 59.8 Å². The normalized spacial score (nSPS) is 53.1. The second kappa shape index (κ2) is 6.12. The van der Waals surface area contributed by atoms with Crippen LogP contribution in [0, 0.1) is 40.4 Å². The van der Waals surface area contributed by atoms with Crippen molar-refractivity contribution >= 4 is 16.9 Å². The summed E-state index contributed by atoms with van der Waals surface area (Å²) < 4.78 is 5.78. The number of ether oxygens (including phenoxy) is 1. The number of fused-ring (bicyclic) bond motifs is 5. The molecule has 1 heterocycles. The quantitative estimate of drug-likeness (QED) is 0.664. The molecule has 3 saturated carbocycles. The van der Waals surface area contributed by atoms with Crippen molar-refractivity contribution in [2.45, 2.75) is 71.2 Å². The fourth-order valence-corrected chi connectivity index (χ4v) is 8.84. The number of carbonyl (C=O) groups is 1. The van der Waals surface area contributed by atoms with Crippen LogP contribution in [0.15, 0.2) is 12.2 Å². The van der Waals surface area contributed by atoms with Gasteiger partial charge in [-0.05, 0) is 80.1 Å². The maximum Gasteiger partial charge on any atom is 0.212 e. The highest BCUT2D eigenvalue weighted by molar-refractivity contribution is 8.14. The third-order valence-corrected chi connectivity index (χ3v) is 10.3. The Hall–Kier alpha value is -0.280. The molecule has 4 aliphatic rings. The third kappa shape index (κ3) is 2.51. The fourth-order valence-electron chi connectivity index (χ4n) is 7.51. The van der Waals surface area contributed by atoms with E-state index in [0.29, 0.717) is 22.7 Å². The zero-order valence-corrected chi connectivity index (χ0v) is 17.3. The van der Waals surface area contributed by atoms with E-state index in [2.05, 4.69) is 33.8 Å². The van der Waals surface area contributed by atoms with Gasteiger partial charge in [0.2, 0.25) is 5.12 Å². The molecule has 0 saturated heterocycles. The summed E-state index contributed by atoms with van der Waals surface area (Å²) in [6.45, 7) is 9.76. The molecule has 140 valence electrons. The minimum absolute atomic E-state index is 0.210. The number of methoxy groups -OCH3 is 1. The molecular formula is C22H34O2S. The van der Waals surface area contributed by atoms with Crippen LogP contribution in [-0.2, 0) is 9.53 Å². The van der Waals surface area contributed by atoms with Crippen molar-refractivity contribution in [1.82, 2.24) is 0 Å². The van der Waals surface area contributed by atoms with Crippen molar-refractivity contribution in [3.8, 4) is 0 Å². The topological polar surface area (TPSA) is 26.3 Å². The number of allylic oxidation sites excluding steroid dienone is 1. The Labute approximate surface area is 157 Å². The summed E-state index contributed by atoms with van der Waals surface area (Å²) in [7, 11) is 1.88. The van der Waals surface area contributed by atoms with Crippen LogP contribution in [0.4, 0.5) is 0 Å². The predicted octanol–water partition coefficient (Wildman–Crippen LogP) is 5.32. The summed E-state index contributed by atoms with van der Waals surface area (Å²) in [5, 5.41) is 0.754. The van der Waals surface area contributed by atoms with Gasteiger partial charge in [0.25, 0.3) is 0 Å². The Morgan fingerprint density at radius 2 is 2.00 bits per heavy atom. The molecule has 2 nitrogen and oxygen atoms in total. The Balaban J connectivity index is 1.68. The van der Waals surface area contributed by atoms with Crippen LogP contribution >= 0.6 is 11.8 Å². The number of thioether (sulfide) groups is 1. The smallest absolute Gasteiger partial charge is 0.212 e. The highest BCUT2D eigenvalue weighted by atomic mass is 32.2. The Kier molecular flexibility index (Phi) is 4.43. The summed E-state index contributed by atoms with van der Waals surface area (Å²) >= 11 is 1.62. The van der Waals surface area contributed by atoms with Crippen molar-refractivity contribution in [2.75, 3.05) is 7.11 Å². The van der Waals surface area contributed by atoms with E-state index in [-0.39, 0.29) is 10.5 Å². The Bertz CT molecular complexity index is 587. The van der Waals surface area contributed by atoms with Crippen LogP contribution in [0.2, 0.25) is 0 Å². The van der Waals surface area contributed by atoms with Crippen LogP contribution in [0.5, 0.6) is 0 Å². The lowest BCUT2D eigenvalue weighted by Crippen LogP contribution is -2.56. The van der Waals surface area contributed by atoms with E-state index in [1.807, 2.05) is 13.2 Å². The van der Waals surface area contributed by atoms with Crippen molar-refractivity contribution < 1.29 is 9.53 Å². The second-order valence-electron chi connectivity index (χ2n) is 9.80. The molecular weight excluding hydrogens is 328 g/mol. The molecule has 25 heavy (non-hydrogen) atoms. The maximum absolute atomic E-state index is 12.0. The van der Waals surface area contributed by atoms with Crippen LogP contribution in [0.3, 0.4) is 0 Å². The minimum atomic E-state index is 0.210. The van der Waals surface area contributed by atoms with Crippen LogP contribution < -0.4 is 0 Å². The molecule has 4 rings (SSSR count). The number of hydrogen-bond acceptors (Lipinski definition) is 3. The average molecular weight is 363 g/mol. The van der Waals surface area contributed by atoms with Crippen molar-refractivity contribution in [2.24, 2.45) is 40.4 Å². The second-order valence-corrected chi connectivity index (χ2v) is 11.0. The molecule has 0 aromatic carbocycles. The number of rotatable bonds is 2. The van der Waals surface area contributed by atoms with Gasteiger partial charge in [0.15, 0.2) is 0 Å². The van der Waals surface area contributed by atoms with Crippen LogP contribution in [0.25, 0.3) is 0 Å². The first kappa shape index (κ1) is 18.1. The summed E-state index contributed by atoms with van der Waals surface area (Å²) in [5.74, 6) is 3.83. The van der Waals surface area contributed by atoms with E-state index in [1.54, 1.807) is 11.8 Å². The van der Waals surface area contributed by atoms with Gasteiger partial charge in [-0.3, -0.25) is 4.79 Å².